The SMILES string of the molecule is O=C(Cn1c2c(sc1=O)[C@@H](c1cccs1)[C@@H]1[C@H]3CC[C@@H](C3)[C@H]1S2)Nc1ccc(Cl)c(Cl)c1. The number of anilines is 1. The third kappa shape index (κ3) is 3.48. The van der Waals surface area contributed by atoms with Crippen molar-refractivity contribution in [1.29, 1.82) is 0 Å². The second-order valence-electron chi connectivity index (χ2n) is 8.79. The van der Waals surface area contributed by atoms with Crippen LogP contribution in [0, 0.1) is 17.8 Å². The molecule has 0 saturated heterocycles. The Morgan fingerprint density at radius 3 is 2.78 bits per heavy atom. The maximum atomic E-state index is 13.1. The van der Waals surface area contributed by atoms with E-state index in [1.807, 2.05) is 11.8 Å². The molecule has 0 unspecified atom stereocenters. The third-order valence-corrected chi connectivity index (χ3v) is 11.6. The molecule has 2 aromatic heterocycles. The Kier molecular flexibility index (Phi) is 5.46. The summed E-state index contributed by atoms with van der Waals surface area (Å²) in [5, 5.41) is 7.32. The van der Waals surface area contributed by atoms with E-state index in [2.05, 4.69) is 22.8 Å². The van der Waals surface area contributed by atoms with Crippen molar-refractivity contribution in [1.82, 2.24) is 4.57 Å². The summed E-state index contributed by atoms with van der Waals surface area (Å²) in [6.07, 6.45) is 3.91. The second-order valence-corrected chi connectivity index (χ2v) is 12.7. The van der Waals surface area contributed by atoms with Crippen LogP contribution in [0.15, 0.2) is 45.5 Å². The summed E-state index contributed by atoms with van der Waals surface area (Å²) in [7, 11) is 0. The molecule has 3 heterocycles. The molecular formula is C23H20Cl2N2O2S3. The number of carbonyl (C=O) groups is 1. The Morgan fingerprint density at radius 2 is 2.00 bits per heavy atom. The second kappa shape index (κ2) is 8.20. The van der Waals surface area contributed by atoms with Gasteiger partial charge in [0.05, 0.1) is 15.1 Å². The Labute approximate surface area is 207 Å². The zero-order valence-corrected chi connectivity index (χ0v) is 20.9. The van der Waals surface area contributed by atoms with Crippen LogP contribution in [-0.2, 0) is 11.3 Å². The summed E-state index contributed by atoms with van der Waals surface area (Å²) in [4.78, 5) is 28.3. The number of hydrogen-bond donors (Lipinski definition) is 1. The Bertz CT molecular complexity index is 1250. The van der Waals surface area contributed by atoms with Crippen LogP contribution in [-0.4, -0.2) is 15.7 Å². The smallest absolute Gasteiger partial charge is 0.308 e. The van der Waals surface area contributed by atoms with Crippen molar-refractivity contribution in [2.75, 3.05) is 5.32 Å². The van der Waals surface area contributed by atoms with Crippen LogP contribution < -0.4 is 10.2 Å². The molecule has 2 saturated carbocycles. The zero-order chi connectivity index (χ0) is 22.0. The topological polar surface area (TPSA) is 51.1 Å². The average Bonchev–Trinajstić information content (AvgIpc) is 3.55. The highest BCUT2D eigenvalue weighted by molar-refractivity contribution is 8.00. The number of halogens is 2. The minimum Gasteiger partial charge on any atom is -0.324 e. The normalized spacial score (nSPS) is 27.9. The first-order valence-corrected chi connectivity index (χ1v) is 14.0. The first-order valence-electron chi connectivity index (χ1n) is 10.7. The maximum Gasteiger partial charge on any atom is 0.308 e. The van der Waals surface area contributed by atoms with Crippen molar-refractivity contribution >= 4 is 69.2 Å². The Hall–Kier alpha value is -1.25. The van der Waals surface area contributed by atoms with E-state index in [1.165, 1.54) is 35.5 Å². The van der Waals surface area contributed by atoms with E-state index < -0.39 is 0 Å². The number of nitrogens with one attached hydrogen (secondary N) is 1. The monoisotopic (exact) mass is 522 g/mol. The molecule has 4 nitrogen and oxygen atoms in total. The molecule has 1 amide bonds. The fraction of sp³-hybridized carbons (Fsp3) is 0.391. The molecular weight excluding hydrogens is 503 g/mol. The zero-order valence-electron chi connectivity index (χ0n) is 16.9. The number of aromatic nitrogens is 1. The molecule has 2 fully saturated rings. The minimum absolute atomic E-state index is 0.000550. The molecule has 6 rings (SSSR count). The van der Waals surface area contributed by atoms with Gasteiger partial charge >= 0.3 is 4.87 Å². The molecule has 2 aliphatic carbocycles. The highest BCUT2D eigenvalue weighted by Gasteiger charge is 2.55. The van der Waals surface area contributed by atoms with Crippen molar-refractivity contribution in [3.63, 3.8) is 0 Å². The van der Waals surface area contributed by atoms with Crippen LogP contribution in [0.2, 0.25) is 10.0 Å². The van der Waals surface area contributed by atoms with Gasteiger partial charge in [0.1, 0.15) is 6.54 Å². The van der Waals surface area contributed by atoms with Crippen LogP contribution in [0.1, 0.15) is 34.9 Å². The standard InChI is InChI=1S/C23H20Cl2N2O2S3/c24-14-6-5-13(9-15(14)25)26-17(28)10-27-22-21(32-23(27)29)19(16-2-1-7-30-16)18-11-3-4-12(8-11)20(18)31-22/h1-2,5-7,9,11-12,18-20H,3-4,8,10H2,(H,26,28)/t11-,12-,18-,19-,20+/m0/s1. The number of carbonyl (C=O) groups excluding carboxylic acids is 1. The lowest BCUT2D eigenvalue weighted by Crippen LogP contribution is -2.34. The number of nitrogens with zero attached hydrogens (tertiary/aromatic N) is 1. The van der Waals surface area contributed by atoms with E-state index in [0.717, 1.165) is 21.7 Å². The lowest BCUT2D eigenvalue weighted by molar-refractivity contribution is -0.116. The number of thiazole rings is 1. The molecule has 2 bridgehead atoms. The summed E-state index contributed by atoms with van der Waals surface area (Å²) in [5.74, 6) is 2.11. The van der Waals surface area contributed by atoms with Gasteiger partial charge in [-0.2, -0.15) is 0 Å². The van der Waals surface area contributed by atoms with E-state index >= 15 is 0 Å². The van der Waals surface area contributed by atoms with Gasteiger partial charge in [-0.05, 0) is 66.7 Å². The number of thioether (sulfide) groups is 1. The lowest BCUT2D eigenvalue weighted by atomic mass is 9.77. The molecule has 1 N–H and O–H groups in total. The summed E-state index contributed by atoms with van der Waals surface area (Å²) >= 11 is 17.0. The van der Waals surface area contributed by atoms with Crippen molar-refractivity contribution in [2.24, 2.45) is 17.8 Å². The van der Waals surface area contributed by atoms with Gasteiger partial charge in [-0.1, -0.05) is 40.6 Å². The molecule has 5 atom stereocenters. The van der Waals surface area contributed by atoms with E-state index in [1.54, 1.807) is 34.1 Å². The van der Waals surface area contributed by atoms with Gasteiger partial charge < -0.3 is 5.32 Å². The summed E-state index contributed by atoms with van der Waals surface area (Å²) in [5.41, 5.74) is 0.568. The van der Waals surface area contributed by atoms with Crippen molar-refractivity contribution in [3.8, 4) is 0 Å². The van der Waals surface area contributed by atoms with Crippen molar-refractivity contribution in [2.45, 2.75) is 42.0 Å². The van der Waals surface area contributed by atoms with Crippen molar-refractivity contribution in [3.05, 3.63) is 65.2 Å². The van der Waals surface area contributed by atoms with E-state index in [-0.39, 0.29) is 23.2 Å². The molecule has 166 valence electrons. The van der Waals surface area contributed by atoms with Gasteiger partial charge in [0, 0.05) is 26.6 Å². The highest BCUT2D eigenvalue weighted by Crippen LogP contribution is 2.64. The van der Waals surface area contributed by atoms with Gasteiger partial charge in [-0.25, -0.2) is 0 Å². The molecule has 3 aliphatic rings. The highest BCUT2D eigenvalue weighted by atomic mass is 35.5. The number of amides is 1. The van der Waals surface area contributed by atoms with Gasteiger partial charge in [0.2, 0.25) is 5.91 Å². The molecule has 1 aliphatic heterocycles. The minimum atomic E-state index is -0.241. The predicted molar refractivity (Wildman–Crippen MR) is 134 cm³/mol. The molecule has 0 radical (unpaired) electrons. The molecule has 3 aromatic rings. The van der Waals surface area contributed by atoms with Gasteiger partial charge in [-0.3, -0.25) is 14.2 Å². The average molecular weight is 524 g/mol. The maximum absolute atomic E-state index is 13.1. The molecule has 1 aromatic carbocycles. The number of hydrogen-bond acceptors (Lipinski definition) is 5. The molecule has 32 heavy (non-hydrogen) atoms. The number of benzene rings is 1. The summed E-state index contributed by atoms with van der Waals surface area (Å²) in [6, 6.07) is 9.29. The van der Waals surface area contributed by atoms with Crippen LogP contribution in [0.5, 0.6) is 0 Å². The largest absolute Gasteiger partial charge is 0.324 e. The summed E-state index contributed by atoms with van der Waals surface area (Å²) in [6.45, 7) is 0.000550. The third-order valence-electron chi connectivity index (χ3n) is 7.05. The fourth-order valence-electron chi connectivity index (χ4n) is 5.79. The fourth-order valence-corrected chi connectivity index (χ4v) is 10.2. The molecule has 0 spiro atoms. The first kappa shape index (κ1) is 21.3. The first-order chi connectivity index (χ1) is 15.5. The van der Waals surface area contributed by atoms with Gasteiger partial charge in [0.25, 0.3) is 0 Å². The van der Waals surface area contributed by atoms with E-state index in [9.17, 15) is 9.59 Å². The Morgan fingerprint density at radius 1 is 1.16 bits per heavy atom. The Balaban J connectivity index is 1.33. The summed E-state index contributed by atoms with van der Waals surface area (Å²) < 4.78 is 1.68. The van der Waals surface area contributed by atoms with Crippen LogP contribution in [0.4, 0.5) is 5.69 Å². The van der Waals surface area contributed by atoms with Gasteiger partial charge in [-0.15, -0.1) is 23.1 Å². The van der Waals surface area contributed by atoms with Gasteiger partial charge in [0.15, 0.2) is 0 Å². The number of thiophene rings is 1. The molecule has 9 heteroatoms. The van der Waals surface area contributed by atoms with Crippen LogP contribution in [0.25, 0.3) is 0 Å². The van der Waals surface area contributed by atoms with Crippen molar-refractivity contribution < 1.29 is 4.79 Å². The number of fused-ring (bicyclic) bond motifs is 6. The lowest BCUT2D eigenvalue weighted by Gasteiger charge is -2.40. The predicted octanol–water partition coefficient (Wildman–Crippen LogP) is 6.57. The van der Waals surface area contributed by atoms with Crippen LogP contribution in [0.3, 0.4) is 0 Å². The quantitative estimate of drug-likeness (QED) is 0.421. The number of rotatable bonds is 4. The van der Waals surface area contributed by atoms with Crippen LogP contribution >= 0.6 is 57.6 Å². The van der Waals surface area contributed by atoms with E-state index in [0.29, 0.717) is 26.9 Å². The van der Waals surface area contributed by atoms with E-state index in [4.69, 9.17) is 23.2 Å².